The third-order valence-corrected chi connectivity index (χ3v) is 5.17. The highest BCUT2D eigenvalue weighted by Gasteiger charge is 2.17. The van der Waals surface area contributed by atoms with Gasteiger partial charge < -0.3 is 20.1 Å². The van der Waals surface area contributed by atoms with Gasteiger partial charge in [0, 0.05) is 22.0 Å². The Bertz CT molecular complexity index is 1240. The van der Waals surface area contributed by atoms with Gasteiger partial charge in [-0.15, -0.1) is 0 Å². The number of amides is 2. The van der Waals surface area contributed by atoms with Gasteiger partial charge in [0.1, 0.15) is 0 Å². The molecule has 32 heavy (non-hydrogen) atoms. The molecule has 10 heteroatoms. The van der Waals surface area contributed by atoms with Gasteiger partial charge in [0.25, 0.3) is 11.8 Å². The number of hydrogen-bond donors (Lipinski definition) is 3. The topological polar surface area (TPSA) is 88.7 Å². The highest BCUT2D eigenvalue weighted by atomic mass is 35.5. The Kier molecular flexibility index (Phi) is 6.45. The largest absolute Gasteiger partial charge is 0.454 e. The predicted octanol–water partition coefficient (Wildman–Crippen LogP) is 5.10. The third-order valence-electron chi connectivity index (χ3n) is 4.42. The minimum absolute atomic E-state index is 0.0943. The number of nitrogens with one attached hydrogen (secondary N) is 3. The van der Waals surface area contributed by atoms with Crippen molar-refractivity contribution in [3.63, 3.8) is 0 Å². The van der Waals surface area contributed by atoms with E-state index in [1.165, 1.54) is 6.07 Å². The summed E-state index contributed by atoms with van der Waals surface area (Å²) in [6.45, 7) is 0.122. The van der Waals surface area contributed by atoms with Gasteiger partial charge in [0.2, 0.25) is 6.79 Å². The molecule has 4 rings (SSSR count). The standard InChI is InChI=1S/C22H15Cl2N3O4S/c23-13-5-6-16(17(24)9-13)21(29)25-14-2-1-3-15(10-14)26-22(32)27-20(28)12-4-7-18-19(8-12)31-11-30-18/h1-10H,11H2,(H,25,29)(H2,26,27,28,32). The summed E-state index contributed by atoms with van der Waals surface area (Å²) in [6, 6.07) is 16.3. The number of benzene rings is 3. The van der Waals surface area contributed by atoms with Gasteiger partial charge in [-0.3, -0.25) is 14.9 Å². The number of hydrogen-bond acceptors (Lipinski definition) is 5. The van der Waals surface area contributed by atoms with Crippen molar-refractivity contribution in [3.8, 4) is 11.5 Å². The van der Waals surface area contributed by atoms with Crippen LogP contribution in [0.15, 0.2) is 60.7 Å². The molecule has 1 aliphatic heterocycles. The van der Waals surface area contributed by atoms with Gasteiger partial charge in [-0.1, -0.05) is 29.3 Å². The van der Waals surface area contributed by atoms with E-state index in [4.69, 9.17) is 44.9 Å². The van der Waals surface area contributed by atoms with Crippen molar-refractivity contribution in [1.82, 2.24) is 5.32 Å². The van der Waals surface area contributed by atoms with Crippen LogP contribution in [0.5, 0.6) is 11.5 Å². The fourth-order valence-corrected chi connectivity index (χ4v) is 3.63. The minimum atomic E-state index is -0.400. The van der Waals surface area contributed by atoms with Crippen molar-refractivity contribution >= 4 is 63.7 Å². The number of thiocarbonyl (C=S) groups is 1. The van der Waals surface area contributed by atoms with Crippen molar-refractivity contribution < 1.29 is 19.1 Å². The number of rotatable bonds is 4. The average molecular weight is 488 g/mol. The van der Waals surface area contributed by atoms with Crippen LogP contribution in [-0.2, 0) is 0 Å². The van der Waals surface area contributed by atoms with Crippen molar-refractivity contribution in [3.05, 3.63) is 81.8 Å². The molecule has 0 unspecified atom stereocenters. The Hall–Kier alpha value is -3.33. The molecule has 162 valence electrons. The zero-order valence-electron chi connectivity index (χ0n) is 16.3. The molecule has 0 aromatic heterocycles. The van der Waals surface area contributed by atoms with Crippen molar-refractivity contribution in [2.75, 3.05) is 17.4 Å². The Morgan fingerprint density at radius 3 is 2.38 bits per heavy atom. The minimum Gasteiger partial charge on any atom is -0.454 e. The molecule has 0 atom stereocenters. The molecular formula is C22H15Cl2N3O4S. The predicted molar refractivity (Wildman–Crippen MR) is 127 cm³/mol. The molecule has 1 heterocycles. The van der Waals surface area contributed by atoms with E-state index < -0.39 is 5.91 Å². The van der Waals surface area contributed by atoms with Crippen molar-refractivity contribution in [1.29, 1.82) is 0 Å². The van der Waals surface area contributed by atoms with Crippen LogP contribution in [0.4, 0.5) is 11.4 Å². The van der Waals surface area contributed by atoms with Crippen LogP contribution < -0.4 is 25.4 Å². The molecule has 7 nitrogen and oxygen atoms in total. The van der Waals surface area contributed by atoms with Crippen LogP contribution in [-0.4, -0.2) is 23.7 Å². The lowest BCUT2D eigenvalue weighted by atomic mass is 10.2. The highest BCUT2D eigenvalue weighted by molar-refractivity contribution is 7.80. The first-order chi connectivity index (χ1) is 15.4. The van der Waals surface area contributed by atoms with Crippen molar-refractivity contribution in [2.24, 2.45) is 0 Å². The molecule has 1 aliphatic rings. The zero-order valence-corrected chi connectivity index (χ0v) is 18.6. The van der Waals surface area contributed by atoms with E-state index in [9.17, 15) is 9.59 Å². The summed E-state index contributed by atoms with van der Waals surface area (Å²) in [5, 5.41) is 9.06. The molecular weight excluding hydrogens is 473 g/mol. The van der Waals surface area contributed by atoms with Gasteiger partial charge in [0.05, 0.1) is 10.6 Å². The first-order valence-corrected chi connectivity index (χ1v) is 10.4. The SMILES string of the molecule is O=C(NC(=S)Nc1cccc(NC(=O)c2ccc(Cl)cc2Cl)c1)c1ccc2c(c1)OCO2. The van der Waals surface area contributed by atoms with E-state index >= 15 is 0 Å². The molecule has 0 saturated carbocycles. The van der Waals surface area contributed by atoms with E-state index in [-0.39, 0.29) is 22.8 Å². The summed E-state index contributed by atoms with van der Waals surface area (Å²) in [7, 11) is 0. The first-order valence-electron chi connectivity index (χ1n) is 9.27. The summed E-state index contributed by atoms with van der Waals surface area (Å²) < 4.78 is 10.5. The number of anilines is 2. The molecule has 0 saturated heterocycles. The zero-order chi connectivity index (χ0) is 22.7. The molecule has 3 aromatic carbocycles. The lowest BCUT2D eigenvalue weighted by molar-refractivity contribution is 0.0976. The summed E-state index contributed by atoms with van der Waals surface area (Å²) in [6.07, 6.45) is 0. The lowest BCUT2D eigenvalue weighted by Crippen LogP contribution is -2.34. The van der Waals surface area contributed by atoms with Crippen molar-refractivity contribution in [2.45, 2.75) is 0 Å². The summed E-state index contributed by atoms with van der Waals surface area (Å²) in [5.74, 6) is 0.298. The van der Waals surface area contributed by atoms with Gasteiger partial charge in [-0.2, -0.15) is 0 Å². The van der Waals surface area contributed by atoms with Crippen LogP contribution in [0.25, 0.3) is 0 Å². The number of halogens is 2. The first kappa shape index (κ1) is 21.9. The van der Waals surface area contributed by atoms with Gasteiger partial charge in [-0.25, -0.2) is 0 Å². The van der Waals surface area contributed by atoms with Crippen LogP contribution in [0, 0.1) is 0 Å². The number of carbonyl (C=O) groups excluding carboxylic acids is 2. The Labute approximate surface area is 198 Å². The number of fused-ring (bicyclic) bond motifs is 1. The number of ether oxygens (including phenoxy) is 2. The quantitative estimate of drug-likeness (QED) is 0.443. The van der Waals surface area contributed by atoms with Gasteiger partial charge in [-0.05, 0) is 66.8 Å². The molecule has 0 fully saturated rings. The van der Waals surface area contributed by atoms with E-state index in [2.05, 4.69) is 16.0 Å². The van der Waals surface area contributed by atoms with Gasteiger partial charge >= 0.3 is 0 Å². The monoisotopic (exact) mass is 487 g/mol. The summed E-state index contributed by atoms with van der Waals surface area (Å²) >= 11 is 17.2. The van der Waals surface area contributed by atoms with Gasteiger partial charge in [0.15, 0.2) is 16.6 Å². The maximum Gasteiger partial charge on any atom is 0.257 e. The van der Waals surface area contributed by atoms with Crippen LogP contribution in [0.2, 0.25) is 10.0 Å². The fourth-order valence-electron chi connectivity index (χ4n) is 2.92. The fraction of sp³-hybridized carbons (Fsp3) is 0.0455. The second kappa shape index (κ2) is 9.44. The van der Waals surface area contributed by atoms with E-state index in [0.717, 1.165) is 0 Å². The highest BCUT2D eigenvalue weighted by Crippen LogP contribution is 2.32. The molecule has 2 amide bonds. The van der Waals surface area contributed by atoms with E-state index in [1.807, 2.05) is 0 Å². The lowest BCUT2D eigenvalue weighted by Gasteiger charge is -2.12. The van der Waals surface area contributed by atoms with E-state index in [1.54, 1.807) is 54.6 Å². The third kappa shape index (κ3) is 5.11. The molecule has 0 bridgehead atoms. The Morgan fingerprint density at radius 2 is 1.59 bits per heavy atom. The number of carbonyl (C=O) groups is 2. The molecule has 3 aromatic rings. The Morgan fingerprint density at radius 1 is 0.844 bits per heavy atom. The average Bonchev–Trinajstić information content (AvgIpc) is 3.21. The van der Waals surface area contributed by atoms with Crippen LogP contribution in [0.1, 0.15) is 20.7 Å². The summed E-state index contributed by atoms with van der Waals surface area (Å²) in [4.78, 5) is 25.0. The molecule has 3 N–H and O–H groups in total. The molecule has 0 spiro atoms. The van der Waals surface area contributed by atoms with Crippen LogP contribution in [0.3, 0.4) is 0 Å². The molecule has 0 radical (unpaired) electrons. The second-order valence-corrected chi connectivity index (χ2v) is 7.89. The summed E-state index contributed by atoms with van der Waals surface area (Å²) in [5.41, 5.74) is 1.75. The maximum atomic E-state index is 12.5. The molecule has 0 aliphatic carbocycles. The normalized spacial score (nSPS) is 11.6. The van der Waals surface area contributed by atoms with E-state index in [0.29, 0.717) is 39.0 Å². The van der Waals surface area contributed by atoms with Crippen LogP contribution >= 0.6 is 35.4 Å². The smallest absolute Gasteiger partial charge is 0.257 e. The second-order valence-electron chi connectivity index (χ2n) is 6.64. The Balaban J connectivity index is 1.38. The maximum absolute atomic E-state index is 12.5.